The molecule has 1 fully saturated rings. The Morgan fingerprint density at radius 1 is 1.33 bits per heavy atom. The number of piperidine rings is 1. The summed E-state index contributed by atoms with van der Waals surface area (Å²) >= 11 is 0. The molecule has 1 unspecified atom stereocenters. The second-order valence-corrected chi connectivity index (χ2v) is 5.84. The second kappa shape index (κ2) is 5.48. The van der Waals surface area contributed by atoms with E-state index in [1.54, 1.807) is 6.20 Å². The number of likely N-dealkylation sites (tertiary alicyclic amines) is 1. The number of fused-ring (bicyclic) bond motifs is 1. The van der Waals surface area contributed by atoms with Gasteiger partial charge in [-0.2, -0.15) is 0 Å². The monoisotopic (exact) mass is 292 g/mol. The summed E-state index contributed by atoms with van der Waals surface area (Å²) in [4.78, 5) is 29.7. The summed E-state index contributed by atoms with van der Waals surface area (Å²) in [7, 11) is 0. The normalized spacial score (nSPS) is 25.5. The number of carbonyl (C=O) groups is 2. The van der Waals surface area contributed by atoms with Gasteiger partial charge >= 0.3 is 5.97 Å². The largest absolute Gasteiger partial charge is 0.480 e. The van der Waals surface area contributed by atoms with Crippen molar-refractivity contribution in [1.82, 2.24) is 14.5 Å². The molecule has 3 heterocycles. The maximum Gasteiger partial charge on any atom is 0.326 e. The van der Waals surface area contributed by atoms with Gasteiger partial charge in [0.15, 0.2) is 0 Å². The number of aromatic nitrogens is 2. The van der Waals surface area contributed by atoms with E-state index in [0.29, 0.717) is 25.2 Å². The molecule has 2 aliphatic heterocycles. The predicted molar refractivity (Wildman–Crippen MR) is 74.8 cm³/mol. The second-order valence-electron chi connectivity index (χ2n) is 5.84. The molecule has 0 bridgehead atoms. The zero-order valence-electron chi connectivity index (χ0n) is 11.9. The van der Waals surface area contributed by atoms with Crippen LogP contribution in [0.15, 0.2) is 6.20 Å². The average molecular weight is 292 g/mol. The van der Waals surface area contributed by atoms with E-state index in [-0.39, 0.29) is 11.9 Å². The molecule has 7 heteroatoms. The Bertz CT molecular complexity index is 569. The summed E-state index contributed by atoms with van der Waals surface area (Å²) in [5.41, 5.74) is 6.26. The number of amides is 1. The van der Waals surface area contributed by atoms with E-state index >= 15 is 0 Å². The first-order valence-electron chi connectivity index (χ1n) is 7.41. The van der Waals surface area contributed by atoms with Crippen molar-refractivity contribution in [2.24, 2.45) is 5.73 Å². The Morgan fingerprint density at radius 2 is 2.14 bits per heavy atom. The van der Waals surface area contributed by atoms with E-state index in [1.165, 1.54) is 4.90 Å². The maximum absolute atomic E-state index is 12.6. The van der Waals surface area contributed by atoms with E-state index < -0.39 is 12.0 Å². The zero-order valence-corrected chi connectivity index (χ0v) is 11.9. The zero-order chi connectivity index (χ0) is 15.0. The molecular weight excluding hydrogens is 272 g/mol. The van der Waals surface area contributed by atoms with Crippen LogP contribution in [0.5, 0.6) is 0 Å². The number of carbonyl (C=O) groups excluding carboxylic acids is 1. The third kappa shape index (κ3) is 2.65. The van der Waals surface area contributed by atoms with Crippen LogP contribution in [0.3, 0.4) is 0 Å². The van der Waals surface area contributed by atoms with E-state index in [0.717, 1.165) is 31.5 Å². The number of carboxylic acids is 1. The number of nitrogens with two attached hydrogens (primary N) is 1. The lowest BCUT2D eigenvalue weighted by atomic mass is 10.0. The van der Waals surface area contributed by atoms with Gasteiger partial charge in [0.05, 0.1) is 0 Å². The lowest BCUT2D eigenvalue weighted by molar-refractivity contribution is -0.143. The smallest absolute Gasteiger partial charge is 0.326 e. The van der Waals surface area contributed by atoms with Crippen molar-refractivity contribution in [3.63, 3.8) is 0 Å². The number of aryl methyl sites for hydroxylation is 1. The molecule has 21 heavy (non-hydrogen) atoms. The van der Waals surface area contributed by atoms with Gasteiger partial charge in [0, 0.05) is 31.7 Å². The van der Waals surface area contributed by atoms with Gasteiger partial charge in [0.2, 0.25) is 0 Å². The lowest BCUT2D eigenvalue weighted by Crippen LogP contribution is -2.48. The fraction of sp³-hybridized carbons (Fsp3) is 0.643. The molecule has 3 rings (SSSR count). The van der Waals surface area contributed by atoms with Crippen LogP contribution in [-0.4, -0.2) is 50.1 Å². The molecule has 2 atom stereocenters. The van der Waals surface area contributed by atoms with Crippen LogP contribution in [0.25, 0.3) is 0 Å². The van der Waals surface area contributed by atoms with Crippen LogP contribution in [0.2, 0.25) is 0 Å². The maximum atomic E-state index is 12.6. The SMILES string of the molecule is NC1CCc2nc(C(=O)N3CCCC[C@@H]3C(=O)O)cn2C1. The lowest BCUT2D eigenvalue weighted by Gasteiger charge is -2.32. The number of hydrogen-bond donors (Lipinski definition) is 2. The Hall–Kier alpha value is -1.89. The fourth-order valence-electron chi connectivity index (χ4n) is 3.15. The van der Waals surface area contributed by atoms with E-state index in [9.17, 15) is 14.7 Å². The van der Waals surface area contributed by atoms with Crippen LogP contribution < -0.4 is 5.73 Å². The molecule has 1 amide bonds. The summed E-state index contributed by atoms with van der Waals surface area (Å²) in [6.45, 7) is 1.15. The van der Waals surface area contributed by atoms with Crippen LogP contribution in [0, 0.1) is 0 Å². The minimum absolute atomic E-state index is 0.0939. The highest BCUT2D eigenvalue weighted by Crippen LogP contribution is 2.21. The van der Waals surface area contributed by atoms with Gasteiger partial charge in [-0.1, -0.05) is 0 Å². The van der Waals surface area contributed by atoms with Crippen molar-refractivity contribution in [2.75, 3.05) is 6.54 Å². The van der Waals surface area contributed by atoms with Gasteiger partial charge in [0.25, 0.3) is 5.91 Å². The molecule has 1 saturated heterocycles. The summed E-state index contributed by atoms with van der Waals surface area (Å²) in [5.74, 6) is -0.351. The molecule has 2 aliphatic rings. The van der Waals surface area contributed by atoms with Crippen LogP contribution in [-0.2, 0) is 17.8 Å². The summed E-state index contributed by atoms with van der Waals surface area (Å²) < 4.78 is 1.92. The molecule has 0 radical (unpaired) electrons. The van der Waals surface area contributed by atoms with Crippen LogP contribution >= 0.6 is 0 Å². The Morgan fingerprint density at radius 3 is 2.90 bits per heavy atom. The highest BCUT2D eigenvalue weighted by Gasteiger charge is 2.34. The Kier molecular flexibility index (Phi) is 3.67. The number of imidazole rings is 1. The van der Waals surface area contributed by atoms with Gasteiger partial charge in [-0.25, -0.2) is 9.78 Å². The van der Waals surface area contributed by atoms with Gasteiger partial charge in [-0.3, -0.25) is 4.79 Å². The van der Waals surface area contributed by atoms with Crippen molar-refractivity contribution in [3.8, 4) is 0 Å². The van der Waals surface area contributed by atoms with Crippen molar-refractivity contribution in [3.05, 3.63) is 17.7 Å². The molecule has 7 nitrogen and oxygen atoms in total. The van der Waals surface area contributed by atoms with Crippen molar-refractivity contribution in [2.45, 2.75) is 50.7 Å². The quantitative estimate of drug-likeness (QED) is 0.813. The summed E-state index contributed by atoms with van der Waals surface area (Å²) in [6, 6.07) is -0.636. The molecule has 1 aromatic heterocycles. The third-order valence-corrected chi connectivity index (χ3v) is 4.30. The molecule has 3 N–H and O–H groups in total. The number of carboxylic acid groups (broad SMARTS) is 1. The Labute approximate surface area is 122 Å². The van der Waals surface area contributed by atoms with E-state index in [2.05, 4.69) is 4.98 Å². The predicted octanol–water partition coefficient (Wildman–Crippen LogP) is 0.236. The fourth-order valence-corrected chi connectivity index (χ4v) is 3.15. The first-order valence-corrected chi connectivity index (χ1v) is 7.41. The standard InChI is InChI=1S/C14H20N4O3/c15-9-4-5-12-16-10(8-17(12)7-9)13(19)18-6-2-1-3-11(18)14(20)21/h8-9,11H,1-7,15H2,(H,20,21)/t9?,11-/m1/s1. The van der Waals surface area contributed by atoms with E-state index in [1.807, 2.05) is 4.57 Å². The van der Waals surface area contributed by atoms with Gasteiger partial charge in [-0.05, 0) is 25.7 Å². The number of aliphatic carboxylic acids is 1. The number of nitrogens with zero attached hydrogens (tertiary/aromatic N) is 3. The van der Waals surface area contributed by atoms with Gasteiger partial charge in [-0.15, -0.1) is 0 Å². The minimum atomic E-state index is -0.936. The van der Waals surface area contributed by atoms with Crippen LogP contribution in [0.4, 0.5) is 0 Å². The molecule has 0 saturated carbocycles. The average Bonchev–Trinajstić information content (AvgIpc) is 2.89. The van der Waals surface area contributed by atoms with Crippen molar-refractivity contribution >= 4 is 11.9 Å². The Balaban J connectivity index is 1.83. The summed E-state index contributed by atoms with van der Waals surface area (Å²) in [5, 5.41) is 9.27. The number of hydrogen-bond acceptors (Lipinski definition) is 4. The van der Waals surface area contributed by atoms with Gasteiger partial charge in [0.1, 0.15) is 17.6 Å². The van der Waals surface area contributed by atoms with Crippen molar-refractivity contribution in [1.29, 1.82) is 0 Å². The topological polar surface area (TPSA) is 101 Å². The third-order valence-electron chi connectivity index (χ3n) is 4.30. The molecule has 114 valence electrons. The minimum Gasteiger partial charge on any atom is -0.480 e. The first-order chi connectivity index (χ1) is 10.1. The van der Waals surface area contributed by atoms with E-state index in [4.69, 9.17) is 5.73 Å². The van der Waals surface area contributed by atoms with Gasteiger partial charge < -0.3 is 20.3 Å². The van der Waals surface area contributed by atoms with Crippen molar-refractivity contribution < 1.29 is 14.7 Å². The summed E-state index contributed by atoms with van der Waals surface area (Å²) in [6.07, 6.45) is 5.54. The highest BCUT2D eigenvalue weighted by atomic mass is 16.4. The molecule has 0 aromatic carbocycles. The first kappa shape index (κ1) is 14.1. The van der Waals surface area contributed by atoms with Crippen LogP contribution in [0.1, 0.15) is 42.0 Å². The number of rotatable bonds is 2. The molecular formula is C14H20N4O3. The molecule has 0 spiro atoms. The molecule has 0 aliphatic carbocycles. The molecule has 1 aromatic rings. The highest BCUT2D eigenvalue weighted by molar-refractivity contribution is 5.95.